The number of aromatic nitrogens is 4. The molecule has 192 valence electrons. The lowest BCUT2D eigenvalue weighted by Gasteiger charge is -2.38. The van der Waals surface area contributed by atoms with Crippen molar-refractivity contribution in [2.24, 2.45) is 15.7 Å². The molecule has 1 saturated heterocycles. The molecule has 0 amide bonds. The van der Waals surface area contributed by atoms with Crippen LogP contribution in [0.15, 0.2) is 52.6 Å². The second-order valence-corrected chi connectivity index (χ2v) is 10.2. The minimum atomic E-state index is -1.11. The molecule has 13 heteroatoms. The number of hydrogen-bond donors (Lipinski definition) is 3. The van der Waals surface area contributed by atoms with Crippen LogP contribution in [0.1, 0.15) is 17.5 Å². The maximum Gasteiger partial charge on any atom is 0.159 e. The zero-order valence-corrected chi connectivity index (χ0v) is 21.1. The Morgan fingerprint density at radius 2 is 2.19 bits per heavy atom. The molecule has 0 radical (unpaired) electrons. The van der Waals surface area contributed by atoms with E-state index in [2.05, 4.69) is 25.3 Å². The fourth-order valence-corrected chi connectivity index (χ4v) is 5.38. The molecule has 1 aliphatic heterocycles. The number of benzene rings is 2. The van der Waals surface area contributed by atoms with Gasteiger partial charge in [-0.1, -0.05) is 16.8 Å². The molecule has 1 aliphatic rings. The van der Waals surface area contributed by atoms with Crippen molar-refractivity contribution in [3.05, 3.63) is 58.4 Å². The van der Waals surface area contributed by atoms with Gasteiger partial charge in [0.2, 0.25) is 0 Å². The predicted octanol–water partition coefficient (Wildman–Crippen LogP) is 3.42. The number of halogens is 2. The summed E-state index contributed by atoms with van der Waals surface area (Å²) in [6, 6.07) is 9.01. The molecule has 2 aromatic heterocycles. The second kappa shape index (κ2) is 10.6. The molecule has 2 aromatic carbocycles. The summed E-state index contributed by atoms with van der Waals surface area (Å²) in [4.78, 5) is 13.3. The van der Waals surface area contributed by atoms with Crippen molar-refractivity contribution >= 4 is 51.0 Å². The van der Waals surface area contributed by atoms with Crippen LogP contribution in [0.4, 0.5) is 10.1 Å². The SMILES string of the molecule is Cc1nc2ccc(N=C(N=CN)C3CC(n4cc(-c5cc(F)cc(Cl)c5)nn4)C(O)C(CO)O3)cc2s1. The van der Waals surface area contributed by atoms with E-state index in [0.29, 0.717) is 16.9 Å². The largest absolute Gasteiger partial charge is 0.394 e. The number of nitrogens with two attached hydrogens (primary N) is 1. The van der Waals surface area contributed by atoms with Crippen LogP contribution >= 0.6 is 22.9 Å². The molecule has 37 heavy (non-hydrogen) atoms. The van der Waals surface area contributed by atoms with Crippen LogP contribution in [0.2, 0.25) is 5.02 Å². The molecule has 4 atom stereocenters. The van der Waals surface area contributed by atoms with E-state index in [1.807, 2.05) is 25.1 Å². The summed E-state index contributed by atoms with van der Waals surface area (Å²) in [6.07, 6.45) is 0.144. The van der Waals surface area contributed by atoms with Crippen LogP contribution in [0.3, 0.4) is 0 Å². The normalized spacial score (nSPS) is 22.8. The highest BCUT2D eigenvalue weighted by atomic mass is 35.5. The van der Waals surface area contributed by atoms with Crippen molar-refractivity contribution in [2.75, 3.05) is 6.61 Å². The molecule has 4 aromatic rings. The molecule has 3 heterocycles. The summed E-state index contributed by atoms with van der Waals surface area (Å²) in [5.41, 5.74) is 7.94. The van der Waals surface area contributed by atoms with Gasteiger partial charge in [-0.2, -0.15) is 0 Å². The predicted molar refractivity (Wildman–Crippen MR) is 140 cm³/mol. The molecule has 4 unspecified atom stereocenters. The maximum atomic E-state index is 13.8. The third-order valence-corrected chi connectivity index (χ3v) is 7.13. The first-order chi connectivity index (χ1) is 17.8. The number of aliphatic hydroxyl groups is 2. The highest BCUT2D eigenvalue weighted by molar-refractivity contribution is 7.18. The number of ether oxygens (including phenoxy) is 1. The highest BCUT2D eigenvalue weighted by Gasteiger charge is 2.41. The molecule has 4 N–H and O–H groups in total. The minimum Gasteiger partial charge on any atom is -0.394 e. The third-order valence-electron chi connectivity index (χ3n) is 5.98. The number of nitrogens with zero attached hydrogens (tertiary/aromatic N) is 6. The molecule has 0 saturated carbocycles. The Hall–Kier alpha value is -3.29. The van der Waals surface area contributed by atoms with Crippen molar-refractivity contribution in [3.8, 4) is 11.3 Å². The summed E-state index contributed by atoms with van der Waals surface area (Å²) < 4.78 is 22.3. The number of hydrogen-bond acceptors (Lipinski definition) is 8. The van der Waals surface area contributed by atoms with Crippen LogP contribution in [-0.2, 0) is 4.74 Å². The fraction of sp³-hybridized carbons (Fsp3) is 0.292. The lowest BCUT2D eigenvalue weighted by molar-refractivity contribution is -0.137. The van der Waals surface area contributed by atoms with Crippen LogP contribution < -0.4 is 5.73 Å². The van der Waals surface area contributed by atoms with Gasteiger partial charge in [0.15, 0.2) is 5.84 Å². The first-order valence-electron chi connectivity index (χ1n) is 11.4. The zero-order chi connectivity index (χ0) is 26.1. The molecule has 0 aliphatic carbocycles. The van der Waals surface area contributed by atoms with Crippen molar-refractivity contribution in [2.45, 2.75) is 37.7 Å². The summed E-state index contributed by atoms with van der Waals surface area (Å²) in [7, 11) is 0. The number of aliphatic hydroxyl groups excluding tert-OH is 2. The average Bonchev–Trinajstić information content (AvgIpc) is 3.49. The zero-order valence-electron chi connectivity index (χ0n) is 19.6. The Balaban J connectivity index is 1.47. The van der Waals surface area contributed by atoms with Crippen LogP contribution in [0.25, 0.3) is 21.5 Å². The summed E-state index contributed by atoms with van der Waals surface area (Å²) in [5.74, 6) is -0.230. The van der Waals surface area contributed by atoms with Crippen molar-refractivity contribution < 1.29 is 19.3 Å². The number of thiazole rings is 1. The summed E-state index contributed by atoms with van der Waals surface area (Å²) >= 11 is 7.54. The molecule has 0 bridgehead atoms. The first kappa shape index (κ1) is 25.4. The average molecular weight is 544 g/mol. The number of rotatable bonds is 5. The smallest absolute Gasteiger partial charge is 0.159 e. The lowest BCUT2D eigenvalue weighted by Crippen LogP contribution is -2.49. The van der Waals surface area contributed by atoms with E-state index in [1.165, 1.54) is 16.8 Å². The van der Waals surface area contributed by atoms with Gasteiger partial charge in [0.05, 0.1) is 46.1 Å². The molecule has 10 nitrogen and oxygen atoms in total. The number of fused-ring (bicyclic) bond motifs is 1. The molecular formula is C24H23ClFN7O3S. The quantitative estimate of drug-likeness (QED) is 0.258. The Kier molecular flexibility index (Phi) is 7.26. The minimum absolute atomic E-state index is 0.211. The Morgan fingerprint density at radius 1 is 1.35 bits per heavy atom. The standard InChI is InChI=1S/C24H23ClFN7O3S/c1-12-29-17-3-2-16(7-22(17)37-12)30-24(28-11-27)20-8-19(23(35)21(10-34)36-20)33-9-18(31-32-33)13-4-14(25)6-15(26)5-13/h2-7,9,11,19-21,23,34-35H,8,10H2,1H3,(H2,27,28,30). The van der Waals surface area contributed by atoms with E-state index >= 15 is 0 Å². The van der Waals surface area contributed by atoms with Gasteiger partial charge in [0, 0.05) is 17.0 Å². The van der Waals surface area contributed by atoms with Crippen LogP contribution in [-0.4, -0.2) is 67.3 Å². The van der Waals surface area contributed by atoms with Gasteiger partial charge >= 0.3 is 0 Å². The van der Waals surface area contributed by atoms with Crippen LogP contribution in [0, 0.1) is 12.7 Å². The van der Waals surface area contributed by atoms with E-state index in [9.17, 15) is 14.6 Å². The van der Waals surface area contributed by atoms with Gasteiger partial charge in [-0.3, -0.25) is 0 Å². The van der Waals surface area contributed by atoms with Crippen molar-refractivity contribution in [3.63, 3.8) is 0 Å². The van der Waals surface area contributed by atoms with E-state index in [1.54, 1.807) is 23.6 Å². The number of aryl methyl sites for hydroxylation is 1. The molecule has 5 rings (SSSR count). The third kappa shape index (κ3) is 5.38. The number of aliphatic imine (C=N–C) groups is 2. The van der Waals surface area contributed by atoms with Crippen LogP contribution in [0.5, 0.6) is 0 Å². The topological polar surface area (TPSA) is 144 Å². The van der Waals surface area contributed by atoms with Gasteiger partial charge in [0.25, 0.3) is 0 Å². The highest BCUT2D eigenvalue weighted by Crippen LogP contribution is 2.33. The monoisotopic (exact) mass is 543 g/mol. The maximum absolute atomic E-state index is 13.8. The molecule has 0 spiro atoms. The Bertz CT molecular complexity index is 1470. The lowest BCUT2D eigenvalue weighted by atomic mass is 9.95. The van der Waals surface area contributed by atoms with E-state index in [-0.39, 0.29) is 17.3 Å². The summed E-state index contributed by atoms with van der Waals surface area (Å²) in [6.45, 7) is 1.49. The van der Waals surface area contributed by atoms with E-state index < -0.39 is 36.8 Å². The van der Waals surface area contributed by atoms with E-state index in [4.69, 9.17) is 22.1 Å². The molecule has 1 fully saturated rings. The van der Waals surface area contributed by atoms with Gasteiger partial charge in [-0.25, -0.2) is 24.0 Å². The Labute approximate surface area is 219 Å². The van der Waals surface area contributed by atoms with Gasteiger partial charge in [-0.15, -0.1) is 16.4 Å². The second-order valence-electron chi connectivity index (χ2n) is 8.51. The van der Waals surface area contributed by atoms with Crippen molar-refractivity contribution in [1.29, 1.82) is 0 Å². The van der Waals surface area contributed by atoms with Gasteiger partial charge < -0.3 is 20.7 Å². The van der Waals surface area contributed by atoms with Gasteiger partial charge in [0.1, 0.15) is 29.8 Å². The van der Waals surface area contributed by atoms with Crippen molar-refractivity contribution in [1.82, 2.24) is 20.0 Å². The Morgan fingerprint density at radius 3 is 2.95 bits per heavy atom. The van der Waals surface area contributed by atoms with E-state index in [0.717, 1.165) is 21.6 Å². The molecular weight excluding hydrogens is 521 g/mol. The number of amidine groups is 1. The fourth-order valence-electron chi connectivity index (χ4n) is 4.30. The van der Waals surface area contributed by atoms with Gasteiger partial charge in [-0.05, 0) is 43.3 Å². The summed E-state index contributed by atoms with van der Waals surface area (Å²) in [5, 5.41) is 30.3. The first-order valence-corrected chi connectivity index (χ1v) is 12.6.